The second-order valence-corrected chi connectivity index (χ2v) is 8.14. The number of benzene rings is 2. The molecule has 0 aromatic heterocycles. The van der Waals surface area contributed by atoms with Gasteiger partial charge in [0.05, 0.1) is 11.5 Å². The number of fused-ring (bicyclic) bond motifs is 1. The van der Waals surface area contributed by atoms with Crippen LogP contribution < -0.4 is 9.46 Å². The van der Waals surface area contributed by atoms with Crippen molar-refractivity contribution in [1.29, 1.82) is 0 Å². The molecule has 0 aliphatic carbocycles. The van der Waals surface area contributed by atoms with E-state index < -0.39 is 21.7 Å². The first-order valence-corrected chi connectivity index (χ1v) is 9.63. The third kappa shape index (κ3) is 3.87. The van der Waals surface area contributed by atoms with Crippen LogP contribution >= 0.6 is 0 Å². The quantitative estimate of drug-likeness (QED) is 0.834. The van der Waals surface area contributed by atoms with E-state index in [1.807, 2.05) is 37.2 Å². The number of hydrogen-bond donors (Lipinski definition) is 1. The fourth-order valence-corrected chi connectivity index (χ4v) is 3.98. The van der Waals surface area contributed by atoms with Gasteiger partial charge in [0, 0.05) is 19.0 Å². The Labute approximate surface area is 151 Å². The molecular weight excluding hydrogens is 362 g/mol. The van der Waals surface area contributed by atoms with E-state index in [0.717, 1.165) is 35.4 Å². The van der Waals surface area contributed by atoms with Crippen molar-refractivity contribution in [3.63, 3.8) is 0 Å². The Bertz CT molecular complexity index is 917. The normalized spacial score (nSPS) is 15.0. The summed E-state index contributed by atoms with van der Waals surface area (Å²) in [5, 5.41) is 0. The number of nitrogens with one attached hydrogen (secondary N) is 1. The van der Waals surface area contributed by atoms with Gasteiger partial charge in [0.2, 0.25) is 10.0 Å². The molecule has 0 saturated heterocycles. The molecule has 140 valence electrons. The molecule has 1 aliphatic heterocycles. The van der Waals surface area contributed by atoms with Gasteiger partial charge in [0.1, 0.15) is 5.75 Å². The van der Waals surface area contributed by atoms with Crippen LogP contribution in [0.25, 0.3) is 0 Å². The highest BCUT2D eigenvalue weighted by Gasteiger charge is 2.22. The van der Waals surface area contributed by atoms with E-state index in [2.05, 4.69) is 4.72 Å². The smallest absolute Gasteiger partial charge is 0.240 e. The summed E-state index contributed by atoms with van der Waals surface area (Å²) >= 11 is 0. The standard InChI is InChI=1S/C18H20F2N2O3S/c1-22(2)17(12-3-6-18-13(9-12)7-8-25-18)11-21-26(23,24)14-4-5-15(19)16(20)10-14/h3-6,9-10,17,21H,7-8,11H2,1-2H3. The topological polar surface area (TPSA) is 58.6 Å². The van der Waals surface area contributed by atoms with Crippen LogP contribution in [-0.4, -0.2) is 40.6 Å². The van der Waals surface area contributed by atoms with Crippen molar-refractivity contribution < 1.29 is 21.9 Å². The summed E-state index contributed by atoms with van der Waals surface area (Å²) in [5.74, 6) is -1.43. The highest BCUT2D eigenvalue weighted by Crippen LogP contribution is 2.29. The van der Waals surface area contributed by atoms with Crippen LogP contribution in [-0.2, 0) is 16.4 Å². The van der Waals surface area contributed by atoms with Crippen LogP contribution in [0.1, 0.15) is 17.2 Å². The summed E-state index contributed by atoms with van der Waals surface area (Å²) in [6, 6.07) is 8.10. The largest absolute Gasteiger partial charge is 0.493 e. The zero-order chi connectivity index (χ0) is 18.9. The van der Waals surface area contributed by atoms with Crippen molar-refractivity contribution in [1.82, 2.24) is 9.62 Å². The van der Waals surface area contributed by atoms with E-state index in [1.165, 1.54) is 0 Å². The van der Waals surface area contributed by atoms with Crippen LogP contribution in [0, 0.1) is 11.6 Å². The average molecular weight is 382 g/mol. The highest BCUT2D eigenvalue weighted by atomic mass is 32.2. The van der Waals surface area contributed by atoms with Gasteiger partial charge in [-0.25, -0.2) is 21.9 Å². The van der Waals surface area contributed by atoms with E-state index in [0.29, 0.717) is 12.7 Å². The molecule has 0 amide bonds. The minimum absolute atomic E-state index is 0.0912. The Morgan fingerprint density at radius 1 is 1.15 bits per heavy atom. The van der Waals surface area contributed by atoms with Gasteiger partial charge < -0.3 is 9.64 Å². The predicted molar refractivity (Wildman–Crippen MR) is 93.6 cm³/mol. The lowest BCUT2D eigenvalue weighted by molar-refractivity contribution is 0.299. The summed E-state index contributed by atoms with van der Waals surface area (Å²) in [5.41, 5.74) is 2.05. The van der Waals surface area contributed by atoms with Crippen molar-refractivity contribution in [3.05, 3.63) is 59.2 Å². The molecule has 1 heterocycles. The molecule has 1 N–H and O–H groups in total. The number of ether oxygens (including phenoxy) is 1. The molecule has 0 fully saturated rings. The molecule has 1 unspecified atom stereocenters. The second-order valence-electron chi connectivity index (χ2n) is 6.37. The number of nitrogens with zero attached hydrogens (tertiary/aromatic N) is 1. The Balaban J connectivity index is 1.79. The van der Waals surface area contributed by atoms with Gasteiger partial charge in [-0.15, -0.1) is 0 Å². The van der Waals surface area contributed by atoms with Gasteiger partial charge in [-0.2, -0.15) is 0 Å². The summed E-state index contributed by atoms with van der Waals surface area (Å²) in [4.78, 5) is 1.59. The van der Waals surface area contributed by atoms with Gasteiger partial charge >= 0.3 is 0 Å². The van der Waals surface area contributed by atoms with E-state index in [-0.39, 0.29) is 17.5 Å². The van der Waals surface area contributed by atoms with Crippen molar-refractivity contribution in [2.24, 2.45) is 0 Å². The number of hydrogen-bond acceptors (Lipinski definition) is 4. The lowest BCUT2D eigenvalue weighted by Gasteiger charge is -2.25. The minimum atomic E-state index is -3.96. The first-order chi connectivity index (χ1) is 12.3. The fraction of sp³-hybridized carbons (Fsp3) is 0.333. The van der Waals surface area contributed by atoms with E-state index in [9.17, 15) is 17.2 Å². The summed E-state index contributed by atoms with van der Waals surface area (Å²) in [6.45, 7) is 0.738. The first-order valence-electron chi connectivity index (χ1n) is 8.15. The number of sulfonamides is 1. The molecule has 0 radical (unpaired) electrons. The van der Waals surface area contributed by atoms with E-state index >= 15 is 0 Å². The fourth-order valence-electron chi connectivity index (χ4n) is 2.93. The third-order valence-corrected chi connectivity index (χ3v) is 5.81. The van der Waals surface area contributed by atoms with Crippen molar-refractivity contribution in [3.8, 4) is 5.75 Å². The molecule has 0 bridgehead atoms. The lowest BCUT2D eigenvalue weighted by Crippen LogP contribution is -2.34. The average Bonchev–Trinajstić information content (AvgIpc) is 3.04. The first kappa shape index (κ1) is 18.8. The molecule has 3 rings (SSSR count). The molecule has 2 aromatic carbocycles. The van der Waals surface area contributed by atoms with Gasteiger partial charge in [-0.05, 0) is 49.5 Å². The zero-order valence-corrected chi connectivity index (χ0v) is 15.3. The SMILES string of the molecule is CN(C)C(CNS(=O)(=O)c1ccc(F)c(F)c1)c1ccc2c(c1)CCO2. The minimum Gasteiger partial charge on any atom is -0.493 e. The van der Waals surface area contributed by atoms with Crippen LogP contribution in [0.2, 0.25) is 0 Å². The van der Waals surface area contributed by atoms with E-state index in [1.54, 1.807) is 0 Å². The maximum absolute atomic E-state index is 13.3. The molecule has 5 nitrogen and oxygen atoms in total. The molecule has 1 aliphatic rings. The lowest BCUT2D eigenvalue weighted by atomic mass is 10.0. The second kappa shape index (κ2) is 7.30. The Morgan fingerprint density at radius 3 is 2.62 bits per heavy atom. The van der Waals surface area contributed by atoms with Crippen LogP contribution in [0.4, 0.5) is 8.78 Å². The molecule has 26 heavy (non-hydrogen) atoms. The van der Waals surface area contributed by atoms with Gasteiger partial charge in [-0.3, -0.25) is 0 Å². The molecule has 2 aromatic rings. The van der Waals surface area contributed by atoms with Crippen molar-refractivity contribution >= 4 is 10.0 Å². The molecule has 8 heteroatoms. The predicted octanol–water partition coefficient (Wildman–Crippen LogP) is 2.48. The third-order valence-electron chi connectivity index (χ3n) is 4.39. The van der Waals surface area contributed by atoms with Gasteiger partial charge in [0.25, 0.3) is 0 Å². The summed E-state index contributed by atoms with van der Waals surface area (Å²) < 4.78 is 59.2. The maximum Gasteiger partial charge on any atom is 0.240 e. The monoisotopic (exact) mass is 382 g/mol. The van der Waals surface area contributed by atoms with Crippen LogP contribution in [0.15, 0.2) is 41.3 Å². The van der Waals surface area contributed by atoms with Crippen molar-refractivity contribution in [2.45, 2.75) is 17.4 Å². The molecule has 0 spiro atoms. The number of rotatable bonds is 6. The molecule has 0 saturated carbocycles. The highest BCUT2D eigenvalue weighted by molar-refractivity contribution is 7.89. The number of likely N-dealkylation sites (N-methyl/N-ethyl adjacent to an activating group) is 1. The van der Waals surface area contributed by atoms with Crippen molar-refractivity contribution in [2.75, 3.05) is 27.2 Å². The Morgan fingerprint density at radius 2 is 1.92 bits per heavy atom. The van der Waals surface area contributed by atoms with Gasteiger partial charge in [-0.1, -0.05) is 12.1 Å². The number of halogens is 2. The van der Waals surface area contributed by atoms with Crippen LogP contribution in [0.5, 0.6) is 5.75 Å². The van der Waals surface area contributed by atoms with Gasteiger partial charge in [0.15, 0.2) is 11.6 Å². The molecular formula is C18H20F2N2O3S. The van der Waals surface area contributed by atoms with E-state index in [4.69, 9.17) is 4.74 Å². The summed E-state index contributed by atoms with van der Waals surface area (Å²) in [6.07, 6.45) is 0.823. The maximum atomic E-state index is 13.3. The molecule has 1 atom stereocenters. The summed E-state index contributed by atoms with van der Waals surface area (Å²) in [7, 11) is -0.261. The Kier molecular flexibility index (Phi) is 5.27. The van der Waals surface area contributed by atoms with Crippen LogP contribution in [0.3, 0.4) is 0 Å². The Hall–Kier alpha value is -2.03. The zero-order valence-electron chi connectivity index (χ0n) is 14.5.